The number of rotatable bonds is 30. The number of carboxylic acids is 1. The zero-order valence-electron chi connectivity index (χ0n) is 48.1. The van der Waals surface area contributed by atoms with Gasteiger partial charge < -0.3 is 53.5 Å². The summed E-state index contributed by atoms with van der Waals surface area (Å²) in [6.45, 7) is 13.5. The lowest BCUT2D eigenvalue weighted by Crippen LogP contribution is -2.54. The van der Waals surface area contributed by atoms with Gasteiger partial charge in [-0.2, -0.15) is 0 Å². The highest BCUT2D eigenvalue weighted by molar-refractivity contribution is 5.93. The number of aliphatic carboxylic acids is 1. The second-order valence-corrected chi connectivity index (χ2v) is 21.5. The smallest absolute Gasteiger partial charge is 0.478 e. The Morgan fingerprint density at radius 3 is 1.16 bits per heavy atom. The van der Waals surface area contributed by atoms with Crippen LogP contribution in [0.2, 0.25) is 0 Å². The average molecular weight is 1210 g/mol. The van der Waals surface area contributed by atoms with Gasteiger partial charge in [0.25, 0.3) is 17.7 Å². The second kappa shape index (κ2) is 31.2. The molecule has 0 saturated heterocycles. The number of carboxylic acid groups (broad SMARTS) is 1. The van der Waals surface area contributed by atoms with Gasteiger partial charge in [0.05, 0.1) is 0 Å². The largest absolute Gasteiger partial charge is 0.573 e. The third-order valence-corrected chi connectivity index (χ3v) is 12.2. The van der Waals surface area contributed by atoms with Crippen LogP contribution in [0.3, 0.4) is 0 Å². The van der Waals surface area contributed by atoms with Gasteiger partial charge in [-0.05, 0) is 109 Å². The van der Waals surface area contributed by atoms with E-state index < -0.39 is 163 Å². The van der Waals surface area contributed by atoms with Crippen LogP contribution in [0.4, 0.5) is 35.1 Å². The number of carbonyl (C=O) groups is 8. The molecule has 2 aromatic rings. The number of nitrogens with zero attached hydrogens (tertiary/aromatic N) is 3. The number of hydrogen-bond donors (Lipinski definition) is 2. The van der Waals surface area contributed by atoms with E-state index in [1.807, 2.05) is 13.8 Å². The maximum absolute atomic E-state index is 15.5. The van der Waals surface area contributed by atoms with E-state index in [-0.39, 0.29) is 35.9 Å². The second-order valence-electron chi connectivity index (χ2n) is 21.5. The number of carbonyl (C=O) groups excluding carboxylic acids is 7. The van der Waals surface area contributed by atoms with Crippen molar-refractivity contribution >= 4 is 60.0 Å². The first-order chi connectivity index (χ1) is 37.0. The van der Waals surface area contributed by atoms with Crippen LogP contribution in [0.1, 0.15) is 106 Å². The van der Waals surface area contributed by atoms with Crippen molar-refractivity contribution in [3.63, 3.8) is 0 Å². The molecule has 8 atom stereocenters. The highest BCUT2D eigenvalue weighted by Gasteiger charge is 2.43. The molecule has 464 valence electrons. The monoisotopic (exact) mass is 1210 g/mol. The predicted molar refractivity (Wildman–Crippen MR) is 280 cm³/mol. The molecule has 0 aromatic heterocycles. The van der Waals surface area contributed by atoms with Gasteiger partial charge in [0, 0.05) is 46.8 Å². The van der Waals surface area contributed by atoms with Crippen LogP contribution in [0.25, 0.3) is 0 Å². The fraction of sp³-hybridized carbons (Fsp3) is 0.630. The Balaban J connectivity index is 0.0000336. The number of ether oxygens (including phenoxy) is 6. The molecule has 3 amide bonds. The van der Waals surface area contributed by atoms with Crippen LogP contribution in [-0.4, -0.2) is 168 Å². The minimum atomic E-state index is -5.08. The number of likely N-dealkylation sites (N-methyl/N-ethyl adjacent to an activating group) is 4. The van der Waals surface area contributed by atoms with Crippen molar-refractivity contribution in [3.8, 4) is 11.5 Å². The van der Waals surface area contributed by atoms with Crippen molar-refractivity contribution < 1.29 is 107 Å². The third-order valence-electron chi connectivity index (χ3n) is 12.2. The van der Waals surface area contributed by atoms with E-state index in [1.54, 1.807) is 13.8 Å². The summed E-state index contributed by atoms with van der Waals surface area (Å²) in [7, 11) is 4.72. The fourth-order valence-electron chi connectivity index (χ4n) is 8.09. The molecule has 0 radical (unpaired) electrons. The summed E-state index contributed by atoms with van der Waals surface area (Å²) in [6.07, 6.45) is -20.1. The zero-order valence-corrected chi connectivity index (χ0v) is 48.9. The lowest BCUT2D eigenvalue weighted by Gasteiger charge is -2.35. The summed E-state index contributed by atoms with van der Waals surface area (Å²) < 4.78 is 138. The van der Waals surface area contributed by atoms with E-state index in [0.29, 0.717) is 11.3 Å². The normalized spacial score (nSPS) is 15.0. The van der Waals surface area contributed by atoms with Crippen LogP contribution in [-0.2, 0) is 70.1 Å². The standard InChI is InChI=1S/C54H74F8N4O15.ClH/c1-29(2)23-37(63-11)47(72)76-31(5)43(67)65(13)39(27-51(7,8)55)49(74)78-41(25-33-15-19-35(20-16-33)80-53(57,58)59)45(69)64(12)38(24-30(3)4)48(73)77-32(6)44(68)66(14)40(28-52(9,10)56)50(75)79-42(46(70)71)26-34-17-21-36(22-18-34)81-54(60,61)62;/h15-22,29-32,37-42,63H,23-28H2,1-14H3,(H,70,71);1H/t31-,32-,37+,38+,39+,40-,41-,42-;/m1./s1. The van der Waals surface area contributed by atoms with Crippen LogP contribution < -0.4 is 14.8 Å². The summed E-state index contributed by atoms with van der Waals surface area (Å²) in [6, 6.07) is 1.81. The van der Waals surface area contributed by atoms with Gasteiger partial charge in [-0.15, -0.1) is 38.7 Å². The summed E-state index contributed by atoms with van der Waals surface area (Å²) in [4.78, 5) is 112. The van der Waals surface area contributed by atoms with E-state index in [1.165, 1.54) is 14.0 Å². The lowest BCUT2D eigenvalue weighted by molar-refractivity contribution is -0.275. The molecule has 0 unspecified atom stereocenters. The highest BCUT2D eigenvalue weighted by Crippen LogP contribution is 2.28. The van der Waals surface area contributed by atoms with E-state index >= 15 is 8.78 Å². The SMILES string of the molecule is CN[C@@H](CC(C)C)C(=O)O[C@H](C)C(=O)N(C)[C@@H](CC(C)(C)F)C(=O)O[C@H](Cc1ccc(OC(F)(F)F)cc1)C(=O)N(C)[C@@H](CC(C)C)C(=O)O[C@H](C)C(=O)N(C)[C@H](CC(C)(C)F)C(=O)O[C@H](Cc1ccc(OC(F)(F)F)cc1)C(=O)O.Cl. The van der Waals surface area contributed by atoms with Gasteiger partial charge in [-0.25, -0.2) is 28.0 Å². The number of halogens is 9. The van der Waals surface area contributed by atoms with Gasteiger partial charge >= 0.3 is 42.6 Å². The number of nitrogens with one attached hydrogen (secondary N) is 1. The Morgan fingerprint density at radius 2 is 0.829 bits per heavy atom. The first kappa shape index (κ1) is 73.5. The van der Waals surface area contributed by atoms with E-state index in [4.69, 9.17) is 18.9 Å². The van der Waals surface area contributed by atoms with Gasteiger partial charge in [0.1, 0.15) is 47.0 Å². The Bertz CT molecular complexity index is 2450. The van der Waals surface area contributed by atoms with Crippen molar-refractivity contribution in [1.29, 1.82) is 0 Å². The molecule has 28 heteroatoms. The van der Waals surface area contributed by atoms with Gasteiger partial charge in [0.15, 0.2) is 18.3 Å². The van der Waals surface area contributed by atoms with Crippen molar-refractivity contribution in [3.05, 3.63) is 59.7 Å². The van der Waals surface area contributed by atoms with E-state index in [2.05, 4.69) is 14.8 Å². The molecule has 0 saturated carbocycles. The topological polar surface area (TPSA) is 234 Å². The van der Waals surface area contributed by atoms with Crippen LogP contribution in [0, 0.1) is 11.8 Å². The number of hydrogen-bond acceptors (Lipinski definition) is 15. The maximum atomic E-state index is 15.5. The molecule has 82 heavy (non-hydrogen) atoms. The molecule has 0 bridgehead atoms. The summed E-state index contributed by atoms with van der Waals surface area (Å²) in [5.74, 6) is -11.5. The molecule has 0 fully saturated rings. The van der Waals surface area contributed by atoms with Crippen molar-refractivity contribution in [2.75, 3.05) is 28.2 Å². The van der Waals surface area contributed by atoms with Crippen molar-refractivity contribution in [2.24, 2.45) is 11.8 Å². The Morgan fingerprint density at radius 1 is 0.500 bits per heavy atom. The van der Waals surface area contributed by atoms with Crippen molar-refractivity contribution in [1.82, 2.24) is 20.0 Å². The summed E-state index contributed by atoms with van der Waals surface area (Å²) >= 11 is 0. The molecular formula is C54H75ClF8N4O15. The molecule has 0 aliphatic heterocycles. The van der Waals surface area contributed by atoms with Crippen molar-refractivity contribution in [2.45, 2.75) is 180 Å². The molecule has 2 aromatic carbocycles. The first-order valence-electron chi connectivity index (χ1n) is 25.6. The zero-order chi connectivity index (χ0) is 62.3. The van der Waals surface area contributed by atoms with E-state index in [0.717, 1.165) is 114 Å². The number of amides is 3. The fourth-order valence-corrected chi connectivity index (χ4v) is 8.09. The Kier molecular flexibility index (Phi) is 28.0. The minimum Gasteiger partial charge on any atom is -0.478 e. The number of esters is 4. The van der Waals surface area contributed by atoms with E-state index in [9.17, 15) is 69.8 Å². The highest BCUT2D eigenvalue weighted by atomic mass is 35.5. The third kappa shape index (κ3) is 25.3. The number of benzene rings is 2. The van der Waals surface area contributed by atoms with Crippen LogP contribution in [0.15, 0.2) is 48.5 Å². The van der Waals surface area contributed by atoms with Gasteiger partial charge in [0.2, 0.25) is 6.10 Å². The Hall–Kier alpha value is -6.51. The first-order valence-corrected chi connectivity index (χ1v) is 25.6. The Labute approximate surface area is 477 Å². The molecule has 0 aliphatic carbocycles. The molecular weight excluding hydrogens is 1130 g/mol. The molecule has 19 nitrogen and oxygen atoms in total. The van der Waals surface area contributed by atoms with Gasteiger partial charge in [-0.1, -0.05) is 52.0 Å². The summed E-state index contributed by atoms with van der Waals surface area (Å²) in [5.41, 5.74) is -4.30. The van der Waals surface area contributed by atoms with Gasteiger partial charge in [-0.3, -0.25) is 19.2 Å². The molecule has 0 spiro atoms. The lowest BCUT2D eigenvalue weighted by atomic mass is 9.98. The average Bonchev–Trinajstić information content (AvgIpc) is 3.33. The van der Waals surface area contributed by atoms with Crippen LogP contribution in [0.5, 0.6) is 11.5 Å². The van der Waals surface area contributed by atoms with Crippen LogP contribution >= 0.6 is 12.4 Å². The quantitative estimate of drug-likeness (QED) is 0.0430. The molecule has 2 N–H and O–H groups in total. The molecule has 0 aliphatic rings. The summed E-state index contributed by atoms with van der Waals surface area (Å²) in [5, 5.41) is 12.7. The molecule has 2 rings (SSSR count). The molecule has 0 heterocycles. The maximum Gasteiger partial charge on any atom is 0.573 e. The number of alkyl halides is 8. The predicted octanol–water partition coefficient (Wildman–Crippen LogP) is 7.90. The minimum absolute atomic E-state index is 0.